The third kappa shape index (κ3) is 4.50. The van der Waals surface area contributed by atoms with Gasteiger partial charge in [0, 0.05) is 31.1 Å². The van der Waals surface area contributed by atoms with Crippen LogP contribution in [0.5, 0.6) is 0 Å². The Kier molecular flexibility index (Phi) is 6.63. The maximum atomic E-state index is 13.0. The molecule has 0 aliphatic carbocycles. The second kappa shape index (κ2) is 8.64. The van der Waals surface area contributed by atoms with Crippen molar-refractivity contribution in [1.29, 1.82) is 0 Å². The molecule has 1 aliphatic rings. The van der Waals surface area contributed by atoms with Gasteiger partial charge in [-0.3, -0.25) is 0 Å². The third-order valence-electron chi connectivity index (χ3n) is 4.46. The summed E-state index contributed by atoms with van der Waals surface area (Å²) in [5.41, 5.74) is 0. The lowest BCUT2D eigenvalue weighted by Crippen LogP contribution is -2.31. The molecule has 1 aromatic heterocycles. The van der Waals surface area contributed by atoms with E-state index in [1.807, 2.05) is 0 Å². The van der Waals surface area contributed by atoms with Crippen molar-refractivity contribution in [2.75, 3.05) is 19.6 Å². The van der Waals surface area contributed by atoms with Gasteiger partial charge in [0.25, 0.3) is 0 Å². The predicted octanol–water partition coefficient (Wildman–Crippen LogP) is 3.56. The van der Waals surface area contributed by atoms with Gasteiger partial charge in [0.2, 0.25) is 20.0 Å². The molecular weight excluding hydrogens is 440 g/mol. The molecule has 1 saturated heterocycles. The summed E-state index contributed by atoms with van der Waals surface area (Å²) in [6, 6.07) is 8.90. The number of rotatable bonds is 8. The fourth-order valence-electron chi connectivity index (χ4n) is 3.01. The monoisotopic (exact) mass is 460 g/mol. The van der Waals surface area contributed by atoms with E-state index >= 15 is 0 Å². The lowest BCUT2D eigenvalue weighted by molar-refractivity contribution is 0.441. The second-order valence-electron chi connectivity index (χ2n) is 6.37. The van der Waals surface area contributed by atoms with Gasteiger partial charge >= 0.3 is 0 Å². The van der Waals surface area contributed by atoms with Crippen molar-refractivity contribution >= 4 is 43.0 Å². The molecule has 3 rings (SSSR count). The van der Waals surface area contributed by atoms with Crippen molar-refractivity contribution < 1.29 is 16.8 Å². The average molecular weight is 461 g/mol. The molecule has 2 aromatic rings. The smallest absolute Gasteiger partial charge is 0.207 e. The van der Waals surface area contributed by atoms with Gasteiger partial charge in [0.1, 0.15) is 0 Å². The number of benzene rings is 1. The summed E-state index contributed by atoms with van der Waals surface area (Å²) < 4.78 is 54.6. The Bertz CT molecular complexity index is 1040. The fraction of sp³-hybridized carbons (Fsp3) is 0.333. The largest absolute Gasteiger partial charge is 0.243 e. The van der Waals surface area contributed by atoms with Crippen LogP contribution in [-0.4, -0.2) is 45.1 Å². The summed E-state index contributed by atoms with van der Waals surface area (Å²) in [5.74, 6) is 0. The van der Waals surface area contributed by atoms with Crippen molar-refractivity contribution in [3.05, 3.63) is 58.3 Å². The first-order valence-corrected chi connectivity index (χ1v) is 12.8. The molecule has 0 radical (unpaired) electrons. The number of halogens is 1. The van der Waals surface area contributed by atoms with E-state index in [0.717, 1.165) is 17.7 Å². The molecule has 10 heteroatoms. The first-order valence-electron chi connectivity index (χ1n) is 8.70. The van der Waals surface area contributed by atoms with E-state index in [9.17, 15) is 16.8 Å². The minimum absolute atomic E-state index is 0.0392. The summed E-state index contributed by atoms with van der Waals surface area (Å²) in [6.07, 6.45) is 3.20. The molecule has 0 atom stereocenters. The lowest BCUT2D eigenvalue weighted by atomic mass is 10.4. The van der Waals surface area contributed by atoms with Crippen molar-refractivity contribution in [2.45, 2.75) is 29.2 Å². The van der Waals surface area contributed by atoms with Crippen molar-refractivity contribution in [2.24, 2.45) is 0 Å². The Labute approximate surface area is 175 Å². The third-order valence-corrected chi connectivity index (χ3v) is 9.41. The highest BCUT2D eigenvalue weighted by Crippen LogP contribution is 2.27. The molecule has 0 bridgehead atoms. The molecule has 2 heterocycles. The molecule has 0 saturated carbocycles. The number of hydrogen-bond acceptors (Lipinski definition) is 5. The van der Waals surface area contributed by atoms with Crippen molar-refractivity contribution in [3.8, 4) is 0 Å². The molecule has 6 nitrogen and oxygen atoms in total. The van der Waals surface area contributed by atoms with Gasteiger partial charge in [-0.15, -0.1) is 17.9 Å². The Morgan fingerprint density at radius 1 is 1.04 bits per heavy atom. The van der Waals surface area contributed by atoms with Crippen LogP contribution < -0.4 is 0 Å². The van der Waals surface area contributed by atoms with Crippen LogP contribution in [0.25, 0.3) is 0 Å². The quantitative estimate of drug-likeness (QED) is 0.564. The number of nitrogens with zero attached hydrogens (tertiary/aromatic N) is 2. The first-order chi connectivity index (χ1) is 13.2. The Morgan fingerprint density at radius 3 is 2.18 bits per heavy atom. The number of sulfonamides is 2. The van der Waals surface area contributed by atoms with E-state index in [2.05, 4.69) is 6.58 Å². The van der Waals surface area contributed by atoms with E-state index in [1.165, 1.54) is 50.3 Å². The van der Waals surface area contributed by atoms with Crippen molar-refractivity contribution in [3.63, 3.8) is 0 Å². The van der Waals surface area contributed by atoms with Gasteiger partial charge in [-0.2, -0.15) is 8.61 Å². The summed E-state index contributed by atoms with van der Waals surface area (Å²) in [4.78, 5) is 0.953. The summed E-state index contributed by atoms with van der Waals surface area (Å²) in [5, 5.41) is 0. The highest BCUT2D eigenvalue weighted by atomic mass is 35.5. The molecule has 1 aliphatic heterocycles. The summed E-state index contributed by atoms with van der Waals surface area (Å²) in [6.45, 7) is 4.93. The molecule has 0 N–H and O–H groups in total. The molecule has 152 valence electrons. The zero-order chi connectivity index (χ0) is 20.4. The van der Waals surface area contributed by atoms with Crippen LogP contribution in [-0.2, 0) is 26.6 Å². The topological polar surface area (TPSA) is 74.8 Å². The Balaban J connectivity index is 1.86. The fourth-order valence-corrected chi connectivity index (χ4v) is 7.10. The summed E-state index contributed by atoms with van der Waals surface area (Å²) >= 11 is 7.25. The van der Waals surface area contributed by atoms with Crippen LogP contribution in [0.4, 0.5) is 0 Å². The van der Waals surface area contributed by atoms with E-state index in [1.54, 1.807) is 12.1 Å². The van der Waals surface area contributed by atoms with Crippen LogP contribution in [0.3, 0.4) is 0 Å². The van der Waals surface area contributed by atoms with E-state index in [0.29, 0.717) is 17.4 Å². The van der Waals surface area contributed by atoms with Gasteiger partial charge in [-0.1, -0.05) is 17.7 Å². The molecule has 1 fully saturated rings. The molecule has 0 spiro atoms. The number of thiophene rings is 1. The van der Waals surface area contributed by atoms with Gasteiger partial charge in [0.15, 0.2) is 0 Å². The average Bonchev–Trinajstić information content (AvgIpc) is 3.34. The maximum absolute atomic E-state index is 13.0. The van der Waals surface area contributed by atoms with Crippen LogP contribution in [0.1, 0.15) is 17.7 Å². The highest BCUT2D eigenvalue weighted by molar-refractivity contribution is 7.89. The molecular formula is C18H21ClN2O4S3. The lowest BCUT2D eigenvalue weighted by Gasteiger charge is -2.20. The second-order valence-corrected chi connectivity index (χ2v) is 12.1. The standard InChI is InChI=1S/C18H21ClN2O4S3/c1-2-11-21(14-15-5-10-18(19)26-15)28(24,25)17-8-6-16(7-9-17)27(22,23)20-12-3-4-13-20/h2,5-10H,1,3-4,11-14H2. The highest BCUT2D eigenvalue weighted by Gasteiger charge is 2.29. The van der Waals surface area contributed by atoms with Gasteiger partial charge in [0.05, 0.1) is 14.1 Å². The van der Waals surface area contributed by atoms with Crippen LogP contribution >= 0.6 is 22.9 Å². The first kappa shape index (κ1) is 21.5. The Morgan fingerprint density at radius 2 is 1.64 bits per heavy atom. The zero-order valence-corrected chi connectivity index (χ0v) is 18.3. The minimum atomic E-state index is -3.82. The molecule has 0 unspecified atom stereocenters. The van der Waals surface area contributed by atoms with Gasteiger partial charge < -0.3 is 0 Å². The minimum Gasteiger partial charge on any atom is -0.207 e. The van der Waals surface area contributed by atoms with E-state index in [4.69, 9.17) is 11.6 Å². The maximum Gasteiger partial charge on any atom is 0.243 e. The van der Waals surface area contributed by atoms with Gasteiger partial charge in [-0.25, -0.2) is 16.8 Å². The SMILES string of the molecule is C=CCN(Cc1ccc(Cl)s1)S(=O)(=O)c1ccc(S(=O)(=O)N2CCCC2)cc1. The van der Waals surface area contributed by atoms with Gasteiger partial charge in [-0.05, 0) is 49.2 Å². The van der Waals surface area contributed by atoms with Crippen LogP contribution in [0.2, 0.25) is 4.34 Å². The molecule has 28 heavy (non-hydrogen) atoms. The van der Waals surface area contributed by atoms with E-state index in [-0.39, 0.29) is 22.9 Å². The zero-order valence-electron chi connectivity index (χ0n) is 15.1. The van der Waals surface area contributed by atoms with E-state index < -0.39 is 20.0 Å². The Hall–Kier alpha value is -1.23. The van der Waals surface area contributed by atoms with Crippen molar-refractivity contribution in [1.82, 2.24) is 8.61 Å². The normalized spacial score (nSPS) is 15.9. The van der Waals surface area contributed by atoms with Crippen LogP contribution in [0.15, 0.2) is 58.8 Å². The predicted molar refractivity (Wildman–Crippen MR) is 112 cm³/mol. The molecule has 0 amide bonds. The summed E-state index contributed by atoms with van der Waals surface area (Å²) in [7, 11) is -7.40. The number of hydrogen-bond donors (Lipinski definition) is 0. The van der Waals surface area contributed by atoms with Crippen LogP contribution in [0, 0.1) is 0 Å². The molecule has 1 aromatic carbocycles.